The molecule has 1 fully saturated rings. The average Bonchev–Trinajstić information content (AvgIpc) is 3.13. The molecule has 0 aromatic heterocycles. The Labute approximate surface area is 168 Å². The summed E-state index contributed by atoms with van der Waals surface area (Å²) in [6.45, 7) is 3.87. The zero-order chi connectivity index (χ0) is 20.1. The van der Waals surface area contributed by atoms with Crippen LogP contribution >= 0.6 is 11.8 Å². The number of carbonyl (C=O) groups excluding carboxylic acids is 2. The molecule has 2 aromatic rings. The van der Waals surface area contributed by atoms with Gasteiger partial charge in [0.25, 0.3) is 0 Å². The van der Waals surface area contributed by atoms with E-state index in [0.29, 0.717) is 23.1 Å². The van der Waals surface area contributed by atoms with Crippen LogP contribution in [0.25, 0.3) is 0 Å². The highest BCUT2D eigenvalue weighted by Crippen LogP contribution is 2.26. The molecular formula is C21H23FN2O3S. The first-order chi connectivity index (χ1) is 13.4. The average molecular weight is 402 g/mol. The van der Waals surface area contributed by atoms with E-state index in [9.17, 15) is 14.0 Å². The van der Waals surface area contributed by atoms with Gasteiger partial charge in [0.2, 0.25) is 11.8 Å². The van der Waals surface area contributed by atoms with E-state index in [1.54, 1.807) is 11.0 Å². The van der Waals surface area contributed by atoms with Gasteiger partial charge < -0.3 is 15.0 Å². The minimum absolute atomic E-state index is 0.00314. The van der Waals surface area contributed by atoms with Crippen molar-refractivity contribution in [1.82, 2.24) is 4.90 Å². The van der Waals surface area contributed by atoms with E-state index in [2.05, 4.69) is 5.32 Å². The van der Waals surface area contributed by atoms with Crippen molar-refractivity contribution in [1.29, 1.82) is 0 Å². The van der Waals surface area contributed by atoms with E-state index < -0.39 is 11.9 Å². The second-order valence-corrected chi connectivity index (χ2v) is 7.83. The number of amides is 2. The molecule has 7 heteroatoms. The summed E-state index contributed by atoms with van der Waals surface area (Å²) in [7, 11) is 0. The number of anilines is 1. The van der Waals surface area contributed by atoms with Crippen molar-refractivity contribution >= 4 is 29.3 Å². The van der Waals surface area contributed by atoms with Crippen LogP contribution in [-0.2, 0) is 16.0 Å². The van der Waals surface area contributed by atoms with Crippen LogP contribution < -0.4 is 10.1 Å². The third-order valence-corrected chi connectivity index (χ3v) is 5.29. The Morgan fingerprint density at radius 3 is 2.79 bits per heavy atom. The van der Waals surface area contributed by atoms with Crippen molar-refractivity contribution in [2.24, 2.45) is 0 Å². The molecule has 0 bridgehead atoms. The summed E-state index contributed by atoms with van der Waals surface area (Å²) >= 11 is 1.53. The van der Waals surface area contributed by atoms with Crippen LogP contribution in [0.3, 0.4) is 0 Å². The lowest BCUT2D eigenvalue weighted by atomic mass is 10.1. The van der Waals surface area contributed by atoms with Crippen molar-refractivity contribution in [3.05, 3.63) is 59.9 Å². The van der Waals surface area contributed by atoms with Gasteiger partial charge in [-0.15, -0.1) is 11.8 Å². The normalized spacial score (nSPS) is 16.3. The number of ether oxygens (including phenoxy) is 1. The first-order valence-electron chi connectivity index (χ1n) is 9.12. The summed E-state index contributed by atoms with van der Waals surface area (Å²) in [6, 6.07) is 12.6. The van der Waals surface area contributed by atoms with Gasteiger partial charge in [0, 0.05) is 17.0 Å². The third kappa shape index (κ3) is 5.04. The molecule has 3 rings (SSSR count). The van der Waals surface area contributed by atoms with Crippen LogP contribution in [0.4, 0.5) is 10.1 Å². The molecule has 0 radical (unpaired) electrons. The summed E-state index contributed by atoms with van der Waals surface area (Å²) in [5, 5.41) is 2.70. The Morgan fingerprint density at radius 1 is 1.25 bits per heavy atom. The Hall–Kier alpha value is -2.54. The smallest absolute Gasteiger partial charge is 0.248 e. The molecule has 0 aliphatic carbocycles. The van der Waals surface area contributed by atoms with Gasteiger partial charge in [-0.3, -0.25) is 9.59 Å². The molecule has 1 saturated heterocycles. The van der Waals surface area contributed by atoms with Crippen LogP contribution in [-0.4, -0.2) is 40.5 Å². The molecule has 2 amide bonds. The Bertz CT molecular complexity index is 859. The molecule has 1 atom stereocenters. The maximum Gasteiger partial charge on any atom is 0.248 e. The van der Waals surface area contributed by atoms with E-state index in [1.165, 1.54) is 30.0 Å². The lowest BCUT2D eigenvalue weighted by Gasteiger charge is -2.24. The molecule has 5 nitrogen and oxygen atoms in total. The lowest BCUT2D eigenvalue weighted by Crippen LogP contribution is -2.45. The van der Waals surface area contributed by atoms with Crippen LogP contribution in [0, 0.1) is 5.82 Å². The highest BCUT2D eigenvalue weighted by atomic mass is 32.2. The number of nitrogens with one attached hydrogen (secondary N) is 1. The van der Waals surface area contributed by atoms with Gasteiger partial charge in [0.1, 0.15) is 17.6 Å². The van der Waals surface area contributed by atoms with Crippen molar-refractivity contribution < 1.29 is 18.7 Å². The number of nitrogens with zero attached hydrogens (tertiary/aromatic N) is 1. The molecule has 2 aromatic carbocycles. The van der Waals surface area contributed by atoms with Crippen LogP contribution in [0.2, 0.25) is 0 Å². The molecule has 1 heterocycles. The van der Waals surface area contributed by atoms with E-state index in [4.69, 9.17) is 4.74 Å². The van der Waals surface area contributed by atoms with Crippen molar-refractivity contribution in [2.75, 3.05) is 16.9 Å². The summed E-state index contributed by atoms with van der Waals surface area (Å²) in [6.07, 6.45) is 0.163. The second kappa shape index (κ2) is 9.10. The maximum absolute atomic E-state index is 13.3. The quantitative estimate of drug-likeness (QED) is 0.801. The first-order valence-corrected chi connectivity index (χ1v) is 10.3. The largest absolute Gasteiger partial charge is 0.491 e. The van der Waals surface area contributed by atoms with Gasteiger partial charge >= 0.3 is 0 Å². The highest BCUT2D eigenvalue weighted by Gasteiger charge is 2.34. The molecule has 1 aliphatic rings. The van der Waals surface area contributed by atoms with Crippen molar-refractivity contribution in [3.63, 3.8) is 0 Å². The molecule has 1 unspecified atom stereocenters. The van der Waals surface area contributed by atoms with Gasteiger partial charge in [0.15, 0.2) is 0 Å². The molecule has 148 valence electrons. The van der Waals surface area contributed by atoms with Gasteiger partial charge in [-0.1, -0.05) is 24.3 Å². The fraction of sp³-hybridized carbons (Fsp3) is 0.333. The number of thioether (sulfide) groups is 1. The SMILES string of the molecule is CC(C)Oc1ccccc1CC(=O)N1CSCC1C(=O)Nc1cccc(F)c1. The minimum Gasteiger partial charge on any atom is -0.491 e. The number of rotatable bonds is 6. The summed E-state index contributed by atoms with van der Waals surface area (Å²) in [5.74, 6) is 0.774. The fourth-order valence-electron chi connectivity index (χ4n) is 2.98. The molecule has 28 heavy (non-hydrogen) atoms. The Kier molecular flexibility index (Phi) is 6.57. The molecule has 0 spiro atoms. The maximum atomic E-state index is 13.3. The topological polar surface area (TPSA) is 58.6 Å². The third-order valence-electron chi connectivity index (χ3n) is 4.27. The highest BCUT2D eigenvalue weighted by molar-refractivity contribution is 7.99. The predicted octanol–water partition coefficient (Wildman–Crippen LogP) is 3.70. The van der Waals surface area contributed by atoms with E-state index in [0.717, 1.165) is 5.56 Å². The van der Waals surface area contributed by atoms with Gasteiger partial charge in [0.05, 0.1) is 18.4 Å². The monoisotopic (exact) mass is 402 g/mol. The molecule has 1 aliphatic heterocycles. The molecular weight excluding hydrogens is 379 g/mol. The minimum atomic E-state index is -0.584. The fourth-order valence-corrected chi connectivity index (χ4v) is 4.16. The van der Waals surface area contributed by atoms with Gasteiger partial charge in [-0.2, -0.15) is 0 Å². The molecule has 1 N–H and O–H groups in total. The van der Waals surface area contributed by atoms with Crippen LogP contribution in [0.15, 0.2) is 48.5 Å². The lowest BCUT2D eigenvalue weighted by molar-refractivity contribution is -0.135. The molecule has 0 saturated carbocycles. The number of benzene rings is 2. The number of hydrogen-bond acceptors (Lipinski definition) is 4. The number of hydrogen-bond donors (Lipinski definition) is 1. The van der Waals surface area contributed by atoms with E-state index in [1.807, 2.05) is 38.1 Å². The Morgan fingerprint density at radius 2 is 2.04 bits per heavy atom. The zero-order valence-corrected chi connectivity index (χ0v) is 16.7. The number of halogens is 1. The van der Waals surface area contributed by atoms with Crippen LogP contribution in [0.1, 0.15) is 19.4 Å². The van der Waals surface area contributed by atoms with E-state index in [-0.39, 0.29) is 24.3 Å². The predicted molar refractivity (Wildman–Crippen MR) is 109 cm³/mol. The Balaban J connectivity index is 1.69. The van der Waals surface area contributed by atoms with Gasteiger partial charge in [-0.25, -0.2) is 4.39 Å². The van der Waals surface area contributed by atoms with E-state index >= 15 is 0 Å². The standard InChI is InChI=1S/C21H23FN2O3S/c1-14(2)27-19-9-4-3-6-15(19)10-20(25)24-13-28-12-18(24)21(26)23-17-8-5-7-16(22)11-17/h3-9,11,14,18H,10,12-13H2,1-2H3,(H,23,26). The zero-order valence-electron chi connectivity index (χ0n) is 15.9. The van der Waals surface area contributed by atoms with Gasteiger partial charge in [-0.05, 0) is 38.1 Å². The second-order valence-electron chi connectivity index (χ2n) is 6.83. The summed E-state index contributed by atoms with van der Waals surface area (Å²) in [4.78, 5) is 27.1. The summed E-state index contributed by atoms with van der Waals surface area (Å²) < 4.78 is 19.1. The number of carbonyl (C=O) groups is 2. The van der Waals surface area contributed by atoms with Crippen molar-refractivity contribution in [3.8, 4) is 5.75 Å². The number of para-hydroxylation sites is 1. The summed E-state index contributed by atoms with van der Waals surface area (Å²) in [5.41, 5.74) is 1.17. The van der Waals surface area contributed by atoms with Crippen molar-refractivity contribution in [2.45, 2.75) is 32.4 Å². The van der Waals surface area contributed by atoms with Crippen LogP contribution in [0.5, 0.6) is 5.75 Å². The first kappa shape index (κ1) is 20.2.